The molecule has 0 spiro atoms. The van der Waals surface area contributed by atoms with Crippen molar-refractivity contribution in [2.24, 2.45) is 13.0 Å². The molecule has 0 aromatic carbocycles. The van der Waals surface area contributed by atoms with Crippen LogP contribution in [0.15, 0.2) is 6.20 Å². The Hall–Kier alpha value is -1.07. The van der Waals surface area contributed by atoms with Crippen LogP contribution in [0.3, 0.4) is 0 Å². The van der Waals surface area contributed by atoms with E-state index in [4.69, 9.17) is 0 Å². The van der Waals surface area contributed by atoms with Crippen molar-refractivity contribution in [3.8, 4) is 0 Å². The Morgan fingerprint density at radius 3 is 2.52 bits per heavy atom. The zero-order chi connectivity index (χ0) is 14.1. The number of carbonyl (C=O) groups excluding carboxylic acids is 1. The van der Waals surface area contributed by atoms with Crippen molar-refractivity contribution >= 4 is 18.3 Å². The summed E-state index contributed by atoms with van der Waals surface area (Å²) < 4.78 is 1.71. The average molecular weight is 313 g/mol. The number of rotatable bonds is 4. The van der Waals surface area contributed by atoms with Gasteiger partial charge in [-0.05, 0) is 45.1 Å². The van der Waals surface area contributed by atoms with Gasteiger partial charge in [0.1, 0.15) is 0 Å². The minimum absolute atomic E-state index is 0. The number of aromatic nitrogens is 2. The van der Waals surface area contributed by atoms with Crippen LogP contribution in [0.1, 0.15) is 41.7 Å². The Balaban J connectivity index is 0.00000161. The van der Waals surface area contributed by atoms with Crippen molar-refractivity contribution < 1.29 is 4.79 Å². The van der Waals surface area contributed by atoms with Crippen molar-refractivity contribution in [2.75, 3.05) is 19.6 Å². The van der Waals surface area contributed by atoms with E-state index in [0.717, 1.165) is 43.1 Å². The normalized spacial score (nSPS) is 19.4. The minimum Gasteiger partial charge on any atom is -0.338 e. The third kappa shape index (κ3) is 3.98. The molecule has 2 heterocycles. The summed E-state index contributed by atoms with van der Waals surface area (Å²) in [7, 11) is 1.86. The molecule has 1 aromatic heterocycles. The number of likely N-dealkylation sites (tertiary alicyclic amines) is 1. The smallest absolute Gasteiger partial charge is 0.257 e. The fraction of sp³-hybridized carbons (Fsp3) is 0.733. The highest BCUT2D eigenvalue weighted by molar-refractivity contribution is 5.95. The average Bonchev–Trinajstić information content (AvgIpc) is 3.21. The summed E-state index contributed by atoms with van der Waals surface area (Å²) >= 11 is 0. The van der Waals surface area contributed by atoms with Gasteiger partial charge in [0.25, 0.3) is 5.91 Å². The lowest BCUT2D eigenvalue weighted by molar-refractivity contribution is 0.0704. The van der Waals surface area contributed by atoms with E-state index >= 15 is 0 Å². The SMILES string of the molecule is Cc1nn(C)cc1C(=O)N1CCC(NCC2CC2)CC1.Cl. The molecule has 0 bridgehead atoms. The molecule has 0 atom stereocenters. The number of aryl methyl sites for hydroxylation is 2. The number of carbonyl (C=O) groups is 1. The van der Waals surface area contributed by atoms with Crippen molar-refractivity contribution in [1.82, 2.24) is 20.0 Å². The standard InChI is InChI=1S/C15H24N4O.ClH/c1-11-14(10-18(2)17-11)15(20)19-7-5-13(6-8-19)16-9-12-3-4-12;/h10,12-13,16H,3-9H2,1-2H3;1H. The maximum absolute atomic E-state index is 12.5. The zero-order valence-corrected chi connectivity index (χ0v) is 13.7. The molecule has 118 valence electrons. The van der Waals surface area contributed by atoms with Gasteiger partial charge >= 0.3 is 0 Å². The second kappa shape index (κ2) is 6.79. The quantitative estimate of drug-likeness (QED) is 0.921. The lowest BCUT2D eigenvalue weighted by atomic mass is 10.0. The van der Waals surface area contributed by atoms with E-state index in [1.807, 2.05) is 25.1 Å². The number of piperidine rings is 1. The second-order valence-electron chi connectivity index (χ2n) is 6.22. The van der Waals surface area contributed by atoms with Crippen LogP contribution in [0.5, 0.6) is 0 Å². The largest absolute Gasteiger partial charge is 0.338 e. The van der Waals surface area contributed by atoms with Crippen molar-refractivity contribution in [1.29, 1.82) is 0 Å². The van der Waals surface area contributed by atoms with E-state index in [1.165, 1.54) is 19.4 Å². The van der Waals surface area contributed by atoms with Crippen LogP contribution in [0.2, 0.25) is 0 Å². The van der Waals surface area contributed by atoms with Crippen LogP contribution >= 0.6 is 12.4 Å². The minimum atomic E-state index is 0. The summed E-state index contributed by atoms with van der Waals surface area (Å²) in [4.78, 5) is 14.4. The van der Waals surface area contributed by atoms with Gasteiger partial charge in [-0.1, -0.05) is 0 Å². The summed E-state index contributed by atoms with van der Waals surface area (Å²) in [5.74, 6) is 1.06. The number of hydrogen-bond donors (Lipinski definition) is 1. The van der Waals surface area contributed by atoms with Gasteiger partial charge in [0, 0.05) is 32.4 Å². The monoisotopic (exact) mass is 312 g/mol. The number of nitrogens with zero attached hydrogens (tertiary/aromatic N) is 3. The van der Waals surface area contributed by atoms with E-state index in [1.54, 1.807) is 4.68 Å². The molecular formula is C15H25ClN4O. The van der Waals surface area contributed by atoms with Crippen LogP contribution in [0, 0.1) is 12.8 Å². The summed E-state index contributed by atoms with van der Waals surface area (Å²) in [6.45, 7) is 4.78. The molecule has 3 rings (SSSR count). The highest BCUT2D eigenvalue weighted by atomic mass is 35.5. The number of hydrogen-bond acceptors (Lipinski definition) is 3. The molecule has 0 radical (unpaired) electrons. The Kier molecular flexibility index (Phi) is 5.27. The molecule has 1 aliphatic carbocycles. The van der Waals surface area contributed by atoms with Gasteiger partial charge in [0.2, 0.25) is 0 Å². The van der Waals surface area contributed by atoms with Crippen LogP contribution in [-0.4, -0.2) is 46.3 Å². The molecule has 1 saturated carbocycles. The summed E-state index contributed by atoms with van der Waals surface area (Å²) in [5.41, 5.74) is 1.57. The lowest BCUT2D eigenvalue weighted by Gasteiger charge is -2.32. The van der Waals surface area contributed by atoms with Gasteiger partial charge in [0.05, 0.1) is 11.3 Å². The predicted molar refractivity (Wildman–Crippen MR) is 84.8 cm³/mol. The van der Waals surface area contributed by atoms with Crippen molar-refractivity contribution in [3.05, 3.63) is 17.5 Å². The van der Waals surface area contributed by atoms with Crippen LogP contribution in [0.4, 0.5) is 0 Å². The molecule has 1 aliphatic heterocycles. The topological polar surface area (TPSA) is 50.2 Å². The third-order valence-corrected chi connectivity index (χ3v) is 4.42. The van der Waals surface area contributed by atoms with E-state index in [0.29, 0.717) is 6.04 Å². The molecule has 1 N–H and O–H groups in total. The Morgan fingerprint density at radius 1 is 1.33 bits per heavy atom. The molecule has 5 nitrogen and oxygen atoms in total. The molecule has 0 unspecified atom stereocenters. The van der Waals surface area contributed by atoms with Crippen LogP contribution < -0.4 is 5.32 Å². The van der Waals surface area contributed by atoms with Gasteiger partial charge in [-0.2, -0.15) is 5.10 Å². The van der Waals surface area contributed by atoms with E-state index in [2.05, 4.69) is 10.4 Å². The first kappa shape index (κ1) is 16.3. The molecule has 2 fully saturated rings. The van der Waals surface area contributed by atoms with Crippen LogP contribution in [0.25, 0.3) is 0 Å². The van der Waals surface area contributed by atoms with Gasteiger partial charge in [-0.3, -0.25) is 9.48 Å². The number of nitrogens with one attached hydrogen (secondary N) is 1. The second-order valence-corrected chi connectivity index (χ2v) is 6.22. The molecule has 1 amide bonds. The van der Waals surface area contributed by atoms with Gasteiger partial charge in [0.15, 0.2) is 0 Å². The van der Waals surface area contributed by atoms with Gasteiger partial charge in [-0.25, -0.2) is 0 Å². The highest BCUT2D eigenvalue weighted by Crippen LogP contribution is 2.28. The Morgan fingerprint density at radius 2 is 2.00 bits per heavy atom. The first-order valence-corrected chi connectivity index (χ1v) is 7.66. The van der Waals surface area contributed by atoms with Crippen molar-refractivity contribution in [2.45, 2.75) is 38.6 Å². The van der Waals surface area contributed by atoms with E-state index in [-0.39, 0.29) is 18.3 Å². The Labute approximate surface area is 132 Å². The van der Waals surface area contributed by atoms with E-state index < -0.39 is 0 Å². The predicted octanol–water partition coefficient (Wildman–Crippen LogP) is 1.75. The summed E-state index contributed by atoms with van der Waals surface area (Å²) in [6.07, 6.45) is 6.75. The highest BCUT2D eigenvalue weighted by Gasteiger charge is 2.27. The Bertz CT molecular complexity index is 490. The first-order valence-electron chi connectivity index (χ1n) is 7.66. The third-order valence-electron chi connectivity index (χ3n) is 4.42. The van der Waals surface area contributed by atoms with Crippen molar-refractivity contribution in [3.63, 3.8) is 0 Å². The van der Waals surface area contributed by atoms with Crippen LogP contribution in [-0.2, 0) is 7.05 Å². The fourth-order valence-corrected chi connectivity index (χ4v) is 2.92. The maximum atomic E-state index is 12.5. The fourth-order valence-electron chi connectivity index (χ4n) is 2.92. The zero-order valence-electron chi connectivity index (χ0n) is 12.8. The number of amides is 1. The number of halogens is 1. The molecule has 1 aromatic rings. The lowest BCUT2D eigenvalue weighted by Crippen LogP contribution is -2.45. The van der Waals surface area contributed by atoms with Gasteiger partial charge < -0.3 is 10.2 Å². The molecule has 1 saturated heterocycles. The summed E-state index contributed by atoms with van der Waals surface area (Å²) in [5, 5.41) is 7.90. The molecular weight excluding hydrogens is 288 g/mol. The molecule has 2 aliphatic rings. The van der Waals surface area contributed by atoms with Gasteiger partial charge in [-0.15, -0.1) is 12.4 Å². The summed E-state index contributed by atoms with van der Waals surface area (Å²) in [6, 6.07) is 0.592. The molecule has 6 heteroatoms. The maximum Gasteiger partial charge on any atom is 0.257 e. The first-order chi connectivity index (χ1) is 9.63. The molecule has 21 heavy (non-hydrogen) atoms. The van der Waals surface area contributed by atoms with E-state index in [9.17, 15) is 4.79 Å².